The van der Waals surface area contributed by atoms with Crippen molar-refractivity contribution in [3.8, 4) is 17.2 Å². The molecule has 0 heterocycles. The molecule has 43 heavy (non-hydrogen) atoms. The number of fused-ring (bicyclic) bond motifs is 5. The Hall–Kier alpha value is -1.94. The smallest absolute Gasteiger partial charge is 0.164 e. The van der Waals surface area contributed by atoms with E-state index in [1.807, 2.05) is 31.2 Å². The first-order chi connectivity index (χ1) is 20.5. The van der Waals surface area contributed by atoms with Gasteiger partial charge in [-0.2, -0.15) is 0 Å². The molecule has 0 saturated heterocycles. The maximum absolute atomic E-state index is 10.2. The van der Waals surface area contributed by atoms with Gasteiger partial charge in [-0.1, -0.05) is 77.7 Å². The fourth-order valence-corrected chi connectivity index (χ4v) is 10.0. The van der Waals surface area contributed by atoms with Crippen LogP contribution in [0.3, 0.4) is 0 Å². The molecule has 5 rings (SSSR count). The highest BCUT2D eigenvalue weighted by Crippen LogP contribution is 2.67. The Kier molecular flexibility index (Phi) is 11.4. The van der Waals surface area contributed by atoms with E-state index in [9.17, 15) is 5.11 Å². The number of hydrogen-bond donors (Lipinski definition) is 1. The first-order valence-electron chi connectivity index (χ1n) is 17.3. The number of benzene rings is 1. The molecule has 1 aromatic rings. The first kappa shape index (κ1) is 33.9. The van der Waals surface area contributed by atoms with Crippen LogP contribution in [0.4, 0.5) is 0 Å². The van der Waals surface area contributed by atoms with E-state index in [1.165, 1.54) is 57.8 Å². The summed E-state index contributed by atoms with van der Waals surface area (Å²) in [7, 11) is 4.85. The molecule has 0 unspecified atom stereocenters. The number of allylic oxidation sites excluding steroid dienone is 2. The molecular weight excluding hydrogens is 532 g/mol. The molecule has 4 aliphatic rings. The normalized spacial score (nSPS) is 33.9. The Bertz CT molecular complexity index is 1120. The lowest BCUT2D eigenvalue weighted by molar-refractivity contribution is -0.0573. The fourth-order valence-electron chi connectivity index (χ4n) is 10.0. The van der Waals surface area contributed by atoms with E-state index in [0.717, 1.165) is 59.7 Å². The number of hydrogen-bond acceptors (Lipinski definition) is 4. The van der Waals surface area contributed by atoms with Crippen molar-refractivity contribution in [1.82, 2.24) is 0 Å². The molecular formula is C39H62O4. The standard InChI is InChI=1S/C27H46O.C12H16O3/c1-18(2)7-6-8-19(3)23-11-12-24-22-10-9-20-17-21(28)13-15-26(20,4)25(22)14-16-27(23,24)5;1-5-6-9-7-11(14-3)12(15-4)8-10(9)13-2/h9,18-19,21-25,28H,6-8,10-17H2,1-5H3;5-8H,1-4H3/b;6-5+/t19-,21+,22+,23-,24+,25+,26+,27-;/m1./s1. The van der Waals surface area contributed by atoms with E-state index in [4.69, 9.17) is 14.2 Å². The number of rotatable bonds is 9. The molecule has 1 N–H and O–H groups in total. The molecule has 0 spiro atoms. The van der Waals surface area contributed by atoms with Crippen LogP contribution in [0.25, 0.3) is 6.08 Å². The van der Waals surface area contributed by atoms with Gasteiger partial charge in [-0.3, -0.25) is 0 Å². The van der Waals surface area contributed by atoms with Gasteiger partial charge in [0.05, 0.1) is 27.4 Å². The summed E-state index contributed by atoms with van der Waals surface area (Å²) in [6, 6.07) is 3.70. The molecule has 3 fully saturated rings. The van der Waals surface area contributed by atoms with Crippen LogP contribution in [-0.2, 0) is 0 Å². The van der Waals surface area contributed by atoms with E-state index in [0.29, 0.717) is 22.3 Å². The molecule has 0 aliphatic heterocycles. The third-order valence-corrected chi connectivity index (χ3v) is 12.4. The molecule has 0 radical (unpaired) electrons. The highest BCUT2D eigenvalue weighted by Gasteiger charge is 2.59. The van der Waals surface area contributed by atoms with Crippen LogP contribution < -0.4 is 14.2 Å². The van der Waals surface area contributed by atoms with Crippen LogP contribution in [-0.4, -0.2) is 32.5 Å². The minimum absolute atomic E-state index is 0.0766. The van der Waals surface area contributed by atoms with Crippen LogP contribution in [0.5, 0.6) is 17.2 Å². The second kappa shape index (κ2) is 14.4. The third-order valence-electron chi connectivity index (χ3n) is 12.4. The Morgan fingerprint density at radius 3 is 2.23 bits per heavy atom. The highest BCUT2D eigenvalue weighted by atomic mass is 16.5. The second-order valence-electron chi connectivity index (χ2n) is 15.1. The van der Waals surface area contributed by atoms with Crippen LogP contribution in [0.1, 0.15) is 118 Å². The van der Waals surface area contributed by atoms with Crippen LogP contribution in [0.2, 0.25) is 0 Å². The molecule has 8 atom stereocenters. The van der Waals surface area contributed by atoms with Gasteiger partial charge in [-0.25, -0.2) is 0 Å². The maximum atomic E-state index is 10.2. The lowest BCUT2D eigenvalue weighted by Gasteiger charge is -2.58. The number of methoxy groups -OCH3 is 3. The first-order valence-corrected chi connectivity index (χ1v) is 17.3. The summed E-state index contributed by atoms with van der Waals surface area (Å²) in [5.74, 6) is 7.60. The predicted molar refractivity (Wildman–Crippen MR) is 180 cm³/mol. The molecule has 1 aromatic carbocycles. The zero-order chi connectivity index (χ0) is 31.4. The van der Waals surface area contributed by atoms with Gasteiger partial charge in [0.15, 0.2) is 11.5 Å². The summed E-state index contributed by atoms with van der Waals surface area (Å²) in [4.78, 5) is 0. The average Bonchev–Trinajstić information content (AvgIpc) is 3.35. The lowest BCUT2D eigenvalue weighted by atomic mass is 9.47. The quantitative estimate of drug-likeness (QED) is 0.289. The topological polar surface area (TPSA) is 47.9 Å². The third kappa shape index (κ3) is 7.00. The van der Waals surface area contributed by atoms with Gasteiger partial charge in [0.25, 0.3) is 0 Å². The second-order valence-corrected chi connectivity index (χ2v) is 15.1. The van der Waals surface area contributed by atoms with Gasteiger partial charge in [-0.05, 0) is 111 Å². The minimum atomic E-state index is -0.0766. The maximum Gasteiger partial charge on any atom is 0.164 e. The van der Waals surface area contributed by atoms with Crippen molar-refractivity contribution >= 4 is 6.08 Å². The Balaban J connectivity index is 0.000000239. The van der Waals surface area contributed by atoms with Crippen molar-refractivity contribution in [2.24, 2.45) is 46.3 Å². The van der Waals surface area contributed by atoms with Crippen LogP contribution >= 0.6 is 0 Å². The van der Waals surface area contributed by atoms with Gasteiger partial charge in [-0.15, -0.1) is 0 Å². The Morgan fingerprint density at radius 2 is 1.58 bits per heavy atom. The minimum Gasteiger partial charge on any atom is -0.496 e. The average molecular weight is 595 g/mol. The van der Waals surface area contributed by atoms with Crippen molar-refractivity contribution < 1.29 is 19.3 Å². The predicted octanol–water partition coefficient (Wildman–Crippen LogP) is 10.1. The van der Waals surface area contributed by atoms with Crippen molar-refractivity contribution in [2.75, 3.05) is 21.3 Å². The molecule has 3 saturated carbocycles. The Labute approximate surface area is 263 Å². The zero-order valence-corrected chi connectivity index (χ0v) is 28.9. The van der Waals surface area contributed by atoms with Crippen molar-refractivity contribution in [2.45, 2.75) is 118 Å². The molecule has 4 heteroatoms. The van der Waals surface area contributed by atoms with Gasteiger partial charge in [0.1, 0.15) is 5.75 Å². The van der Waals surface area contributed by atoms with E-state index in [2.05, 4.69) is 40.7 Å². The number of aliphatic hydroxyl groups excluding tert-OH is 1. The van der Waals surface area contributed by atoms with E-state index < -0.39 is 0 Å². The van der Waals surface area contributed by atoms with Crippen LogP contribution in [0, 0.1) is 46.3 Å². The highest BCUT2D eigenvalue weighted by molar-refractivity contribution is 5.63. The zero-order valence-electron chi connectivity index (χ0n) is 28.9. The van der Waals surface area contributed by atoms with Crippen LogP contribution in [0.15, 0.2) is 29.9 Å². The molecule has 0 amide bonds. The molecule has 242 valence electrons. The number of ether oxygens (including phenoxy) is 3. The Morgan fingerprint density at radius 1 is 0.884 bits per heavy atom. The number of aliphatic hydroxyl groups is 1. The summed E-state index contributed by atoms with van der Waals surface area (Å²) in [5, 5.41) is 10.2. The van der Waals surface area contributed by atoms with Gasteiger partial charge in [0, 0.05) is 11.6 Å². The summed E-state index contributed by atoms with van der Waals surface area (Å²) >= 11 is 0. The van der Waals surface area contributed by atoms with Crippen molar-refractivity contribution in [1.29, 1.82) is 0 Å². The van der Waals surface area contributed by atoms with Gasteiger partial charge < -0.3 is 19.3 Å². The van der Waals surface area contributed by atoms with Crippen molar-refractivity contribution in [3.05, 3.63) is 35.4 Å². The summed E-state index contributed by atoms with van der Waals surface area (Å²) in [6.45, 7) is 14.5. The van der Waals surface area contributed by atoms with E-state index >= 15 is 0 Å². The van der Waals surface area contributed by atoms with Gasteiger partial charge in [0.2, 0.25) is 0 Å². The fraction of sp³-hybridized carbons (Fsp3) is 0.744. The molecule has 0 aromatic heterocycles. The largest absolute Gasteiger partial charge is 0.496 e. The SMILES string of the molecule is C/C=C/c1cc(OC)c(OC)cc1OC.CC(C)CCC[C@@H](C)[C@H]1CC[C@H]2[C@@H]3CC=C4C[C@@H](O)CC[C@]4(C)[C@H]3CC[C@]12C. The summed E-state index contributed by atoms with van der Waals surface area (Å²) in [5.41, 5.74) is 3.57. The molecule has 4 nitrogen and oxygen atoms in total. The molecule has 4 aliphatic carbocycles. The van der Waals surface area contributed by atoms with Gasteiger partial charge >= 0.3 is 0 Å². The summed E-state index contributed by atoms with van der Waals surface area (Å²) in [6.07, 6.45) is 21.1. The molecule has 0 bridgehead atoms. The van der Waals surface area contributed by atoms with Crippen molar-refractivity contribution in [3.63, 3.8) is 0 Å². The lowest BCUT2D eigenvalue weighted by Crippen LogP contribution is -2.50. The summed E-state index contributed by atoms with van der Waals surface area (Å²) < 4.78 is 15.6. The van der Waals surface area contributed by atoms with E-state index in [-0.39, 0.29) is 6.10 Å². The van der Waals surface area contributed by atoms with E-state index in [1.54, 1.807) is 26.9 Å². The monoisotopic (exact) mass is 594 g/mol.